The highest BCUT2D eigenvalue weighted by Gasteiger charge is 2.35. The van der Waals surface area contributed by atoms with E-state index in [0.717, 1.165) is 22.2 Å². The molecule has 3 rings (SSSR count). The van der Waals surface area contributed by atoms with Crippen molar-refractivity contribution in [3.05, 3.63) is 54.1 Å². The van der Waals surface area contributed by atoms with Crippen LogP contribution in [0.2, 0.25) is 0 Å². The van der Waals surface area contributed by atoms with Gasteiger partial charge in [0.15, 0.2) is 0 Å². The molecule has 1 aliphatic rings. The molecular weight excluding hydrogens is 396 g/mol. The SMILES string of the molecule is OS1(O)CC(Sc2ccccc2)c2ccc(OCCCBr)cc21. The summed E-state index contributed by atoms with van der Waals surface area (Å²) in [6, 6.07) is 15.8. The lowest BCUT2D eigenvalue weighted by Crippen LogP contribution is -2.00. The topological polar surface area (TPSA) is 49.7 Å². The van der Waals surface area contributed by atoms with Crippen molar-refractivity contribution in [1.82, 2.24) is 0 Å². The highest BCUT2D eigenvalue weighted by molar-refractivity contribution is 9.09. The molecule has 0 saturated carbocycles. The van der Waals surface area contributed by atoms with Crippen molar-refractivity contribution in [2.45, 2.75) is 21.5 Å². The zero-order valence-corrected chi connectivity index (χ0v) is 15.7. The van der Waals surface area contributed by atoms with E-state index in [2.05, 4.69) is 15.9 Å². The number of thioether (sulfide) groups is 1. The predicted octanol–water partition coefficient (Wildman–Crippen LogP) is 5.81. The summed E-state index contributed by atoms with van der Waals surface area (Å²) in [5, 5.41) is 0.956. The fourth-order valence-corrected chi connectivity index (χ4v) is 6.34. The van der Waals surface area contributed by atoms with Crippen molar-refractivity contribution in [3.8, 4) is 5.75 Å². The van der Waals surface area contributed by atoms with Crippen LogP contribution < -0.4 is 4.74 Å². The van der Waals surface area contributed by atoms with Gasteiger partial charge in [-0.15, -0.1) is 11.8 Å². The van der Waals surface area contributed by atoms with Crippen molar-refractivity contribution >= 4 is 38.3 Å². The molecule has 6 heteroatoms. The van der Waals surface area contributed by atoms with Crippen LogP contribution in [0, 0.1) is 0 Å². The Hall–Kier alpha value is -0.660. The number of halogens is 1. The first-order valence-electron chi connectivity index (χ1n) is 7.40. The number of rotatable bonds is 6. The summed E-state index contributed by atoms with van der Waals surface area (Å²) < 4.78 is 26.6. The Morgan fingerprint density at radius 3 is 2.70 bits per heavy atom. The van der Waals surface area contributed by atoms with Crippen LogP contribution in [-0.2, 0) is 0 Å². The van der Waals surface area contributed by atoms with Gasteiger partial charge in [-0.05, 0) is 30.2 Å². The average molecular weight is 415 g/mol. The molecule has 0 radical (unpaired) electrons. The Bertz CT molecular complexity index is 664. The van der Waals surface area contributed by atoms with Gasteiger partial charge in [-0.3, -0.25) is 9.11 Å². The fraction of sp³-hybridized carbons (Fsp3) is 0.294. The van der Waals surface area contributed by atoms with Gasteiger partial charge >= 0.3 is 0 Å². The molecule has 23 heavy (non-hydrogen) atoms. The monoisotopic (exact) mass is 414 g/mol. The van der Waals surface area contributed by atoms with E-state index < -0.39 is 10.6 Å². The Morgan fingerprint density at radius 2 is 1.96 bits per heavy atom. The molecule has 0 bridgehead atoms. The zero-order chi connectivity index (χ0) is 16.3. The van der Waals surface area contributed by atoms with Gasteiger partial charge in [0.1, 0.15) is 5.75 Å². The normalized spacial score (nSPS) is 20.0. The molecule has 2 aromatic carbocycles. The highest BCUT2D eigenvalue weighted by atomic mass is 79.9. The molecule has 0 spiro atoms. The molecule has 0 saturated heterocycles. The van der Waals surface area contributed by atoms with Gasteiger partial charge in [-0.25, -0.2) is 0 Å². The summed E-state index contributed by atoms with van der Waals surface area (Å²) in [5.41, 5.74) is 1.01. The van der Waals surface area contributed by atoms with Gasteiger partial charge in [0.05, 0.1) is 22.5 Å². The molecule has 3 nitrogen and oxygen atoms in total. The Morgan fingerprint density at radius 1 is 1.17 bits per heavy atom. The van der Waals surface area contributed by atoms with Gasteiger partial charge in [-0.2, -0.15) is 10.6 Å². The van der Waals surface area contributed by atoms with Gasteiger partial charge in [-0.1, -0.05) is 40.2 Å². The number of ether oxygens (including phenoxy) is 1. The van der Waals surface area contributed by atoms with E-state index in [1.165, 1.54) is 0 Å². The molecule has 0 aromatic heterocycles. The van der Waals surface area contributed by atoms with Gasteiger partial charge in [0.25, 0.3) is 0 Å². The fourth-order valence-electron chi connectivity index (χ4n) is 2.55. The zero-order valence-electron chi connectivity index (χ0n) is 12.5. The van der Waals surface area contributed by atoms with Crippen LogP contribution in [0.1, 0.15) is 17.2 Å². The van der Waals surface area contributed by atoms with Crippen LogP contribution >= 0.6 is 38.3 Å². The number of fused-ring (bicyclic) bond motifs is 1. The minimum Gasteiger partial charge on any atom is -0.493 e. The van der Waals surface area contributed by atoms with Gasteiger partial charge in [0.2, 0.25) is 0 Å². The maximum atomic E-state index is 10.5. The van der Waals surface area contributed by atoms with E-state index in [0.29, 0.717) is 23.0 Å². The maximum Gasteiger partial charge on any atom is 0.121 e. The third-order valence-corrected chi connectivity index (χ3v) is 7.51. The average Bonchev–Trinajstić information content (AvgIpc) is 2.79. The lowest BCUT2D eigenvalue weighted by molar-refractivity contribution is 0.318. The summed E-state index contributed by atoms with van der Waals surface area (Å²) in [7, 11) is -2.74. The van der Waals surface area contributed by atoms with Crippen LogP contribution in [0.25, 0.3) is 0 Å². The summed E-state index contributed by atoms with van der Waals surface area (Å²) in [6.45, 7) is 0.616. The Kier molecular flexibility index (Phi) is 5.59. The van der Waals surface area contributed by atoms with E-state index in [4.69, 9.17) is 4.74 Å². The molecule has 2 aromatic rings. The van der Waals surface area contributed by atoms with E-state index in [1.807, 2.05) is 42.5 Å². The molecular formula is C17H19BrO3S2. The van der Waals surface area contributed by atoms with Crippen LogP contribution in [0.15, 0.2) is 58.3 Å². The van der Waals surface area contributed by atoms with Crippen molar-refractivity contribution in [2.24, 2.45) is 0 Å². The quantitative estimate of drug-likeness (QED) is 0.462. The van der Waals surface area contributed by atoms with Crippen molar-refractivity contribution in [2.75, 3.05) is 17.7 Å². The lowest BCUT2D eigenvalue weighted by Gasteiger charge is -2.27. The second-order valence-corrected chi connectivity index (χ2v) is 9.52. The first-order valence-corrected chi connectivity index (χ1v) is 11.1. The molecule has 0 amide bonds. The van der Waals surface area contributed by atoms with Crippen molar-refractivity contribution in [3.63, 3.8) is 0 Å². The molecule has 1 aliphatic heterocycles. The summed E-state index contributed by atoms with van der Waals surface area (Å²) in [4.78, 5) is 1.78. The molecule has 0 aliphatic carbocycles. The third kappa shape index (κ3) is 4.06. The second-order valence-electron chi connectivity index (χ2n) is 5.34. The van der Waals surface area contributed by atoms with Crippen molar-refractivity contribution < 1.29 is 13.8 Å². The largest absolute Gasteiger partial charge is 0.493 e. The molecule has 1 heterocycles. The Balaban J connectivity index is 1.81. The maximum absolute atomic E-state index is 10.5. The minimum absolute atomic E-state index is 0.0639. The minimum atomic E-state index is -2.74. The van der Waals surface area contributed by atoms with Crippen LogP contribution in [-0.4, -0.2) is 26.8 Å². The standard InChI is InChI=1S/C17H19BrO3S2/c18-9-4-10-21-13-7-8-15-16(12-23(19,20)17(15)11-13)22-14-5-2-1-3-6-14/h1-3,5-8,11,16,19-20H,4,9-10,12H2. The summed E-state index contributed by atoms with van der Waals surface area (Å²) >= 11 is 5.05. The first-order chi connectivity index (χ1) is 11.1. The van der Waals surface area contributed by atoms with E-state index in [1.54, 1.807) is 17.8 Å². The van der Waals surface area contributed by atoms with Gasteiger partial charge < -0.3 is 4.74 Å². The summed E-state index contributed by atoms with van der Waals surface area (Å²) in [6.07, 6.45) is 0.916. The number of hydrogen-bond acceptors (Lipinski definition) is 4. The van der Waals surface area contributed by atoms with E-state index in [9.17, 15) is 9.11 Å². The van der Waals surface area contributed by atoms with Crippen molar-refractivity contribution in [1.29, 1.82) is 0 Å². The van der Waals surface area contributed by atoms with Crippen LogP contribution in [0.5, 0.6) is 5.75 Å². The lowest BCUT2D eigenvalue weighted by atomic mass is 10.1. The molecule has 124 valence electrons. The smallest absolute Gasteiger partial charge is 0.121 e. The second kappa shape index (κ2) is 7.49. The first kappa shape index (κ1) is 17.2. The predicted molar refractivity (Wildman–Crippen MR) is 101 cm³/mol. The Labute approximate surface area is 150 Å². The molecule has 1 unspecified atom stereocenters. The van der Waals surface area contributed by atoms with E-state index in [-0.39, 0.29) is 5.25 Å². The van der Waals surface area contributed by atoms with Gasteiger partial charge in [0, 0.05) is 16.3 Å². The molecule has 0 fully saturated rings. The van der Waals surface area contributed by atoms with E-state index >= 15 is 0 Å². The number of hydrogen-bond donors (Lipinski definition) is 2. The van der Waals surface area contributed by atoms with Crippen LogP contribution in [0.3, 0.4) is 0 Å². The molecule has 2 N–H and O–H groups in total. The van der Waals surface area contributed by atoms with Crippen LogP contribution in [0.4, 0.5) is 0 Å². The molecule has 1 atom stereocenters. The number of benzene rings is 2. The summed E-state index contributed by atoms with van der Waals surface area (Å²) in [5.74, 6) is 1.07. The third-order valence-electron chi connectivity index (χ3n) is 3.64. The highest BCUT2D eigenvalue weighted by Crippen LogP contribution is 2.63. The number of alkyl halides is 1.